The second-order valence-corrected chi connectivity index (χ2v) is 2.96. The maximum Gasteiger partial charge on any atom is 0.280 e. The van der Waals surface area contributed by atoms with Gasteiger partial charge in [0.25, 0.3) is 5.97 Å². The highest BCUT2D eigenvalue weighted by Gasteiger charge is 2.29. The van der Waals surface area contributed by atoms with E-state index in [4.69, 9.17) is 20.4 Å². The van der Waals surface area contributed by atoms with Gasteiger partial charge >= 0.3 is 0 Å². The Morgan fingerprint density at radius 3 is 2.17 bits per heavy atom. The molecule has 0 aliphatic rings. The Morgan fingerprint density at radius 1 is 1.33 bits per heavy atom. The highest BCUT2D eigenvalue weighted by molar-refractivity contribution is 4.58. The van der Waals surface area contributed by atoms with Crippen LogP contribution < -0.4 is 0 Å². The van der Waals surface area contributed by atoms with Gasteiger partial charge in [0.05, 0.1) is 13.2 Å². The Hall–Kier alpha value is -0.200. The maximum absolute atomic E-state index is 9.08. The number of hydrogen-bond donors (Lipinski definition) is 4. The molecule has 0 saturated carbocycles. The molecule has 0 aliphatic heterocycles. The average Bonchev–Trinajstić information content (AvgIpc) is 2.00. The van der Waals surface area contributed by atoms with Crippen LogP contribution in [0.3, 0.4) is 0 Å². The van der Waals surface area contributed by atoms with Crippen LogP contribution in [0.4, 0.5) is 0 Å². The van der Waals surface area contributed by atoms with Crippen LogP contribution in [0.1, 0.15) is 13.8 Å². The van der Waals surface area contributed by atoms with Crippen LogP contribution in [0.25, 0.3) is 0 Å². The zero-order valence-corrected chi connectivity index (χ0v) is 7.27. The normalized spacial score (nSPS) is 15.2. The molecule has 0 aromatic carbocycles. The minimum atomic E-state index is -2.24. The SMILES string of the molecule is CC(C)C(O)(O)OCC(O)CO. The molecule has 0 aromatic rings. The molecule has 1 unspecified atom stereocenters. The van der Waals surface area contributed by atoms with E-state index < -0.39 is 24.6 Å². The Balaban J connectivity index is 3.75. The number of ether oxygens (including phenoxy) is 1. The maximum atomic E-state index is 9.08. The van der Waals surface area contributed by atoms with Crippen LogP contribution in [-0.2, 0) is 4.74 Å². The highest BCUT2D eigenvalue weighted by Crippen LogP contribution is 2.14. The average molecular weight is 180 g/mol. The monoisotopic (exact) mass is 180 g/mol. The molecule has 0 saturated heterocycles. The van der Waals surface area contributed by atoms with Crippen molar-refractivity contribution in [2.45, 2.75) is 25.9 Å². The van der Waals surface area contributed by atoms with Gasteiger partial charge in [-0.3, -0.25) is 0 Å². The van der Waals surface area contributed by atoms with Crippen LogP contribution in [0.15, 0.2) is 0 Å². The van der Waals surface area contributed by atoms with Crippen molar-refractivity contribution in [3.63, 3.8) is 0 Å². The van der Waals surface area contributed by atoms with E-state index in [-0.39, 0.29) is 6.61 Å². The summed E-state index contributed by atoms with van der Waals surface area (Å²) < 4.78 is 4.54. The molecule has 74 valence electrons. The van der Waals surface area contributed by atoms with Gasteiger partial charge in [-0.2, -0.15) is 0 Å². The van der Waals surface area contributed by atoms with Crippen molar-refractivity contribution in [2.75, 3.05) is 13.2 Å². The standard InChI is InChI=1S/C7H16O5/c1-5(2)7(10,11)12-4-6(9)3-8/h5-6,8-11H,3-4H2,1-2H3. The van der Waals surface area contributed by atoms with Gasteiger partial charge in [0, 0.05) is 5.92 Å². The highest BCUT2D eigenvalue weighted by atomic mass is 16.8. The number of aliphatic hydroxyl groups excluding tert-OH is 2. The van der Waals surface area contributed by atoms with E-state index in [2.05, 4.69) is 4.74 Å². The summed E-state index contributed by atoms with van der Waals surface area (Å²) in [6.07, 6.45) is -1.08. The molecular formula is C7H16O5. The second kappa shape index (κ2) is 4.74. The predicted octanol–water partition coefficient (Wildman–Crippen LogP) is -1.35. The van der Waals surface area contributed by atoms with Gasteiger partial charge in [-0.05, 0) is 0 Å². The molecule has 12 heavy (non-hydrogen) atoms. The minimum Gasteiger partial charge on any atom is -0.394 e. The van der Waals surface area contributed by atoms with Crippen LogP contribution in [0.5, 0.6) is 0 Å². The van der Waals surface area contributed by atoms with Crippen LogP contribution in [0.2, 0.25) is 0 Å². The van der Waals surface area contributed by atoms with Crippen LogP contribution in [0, 0.1) is 5.92 Å². The first-order valence-corrected chi connectivity index (χ1v) is 3.77. The molecule has 1 atom stereocenters. The number of rotatable bonds is 5. The van der Waals surface area contributed by atoms with Crippen LogP contribution >= 0.6 is 0 Å². The van der Waals surface area contributed by atoms with Gasteiger partial charge in [0.1, 0.15) is 6.10 Å². The fraction of sp³-hybridized carbons (Fsp3) is 1.00. The topological polar surface area (TPSA) is 90.2 Å². The molecular weight excluding hydrogens is 164 g/mol. The van der Waals surface area contributed by atoms with E-state index in [0.29, 0.717) is 0 Å². The van der Waals surface area contributed by atoms with E-state index in [0.717, 1.165) is 0 Å². The Morgan fingerprint density at radius 2 is 1.83 bits per heavy atom. The van der Waals surface area contributed by atoms with Crippen molar-refractivity contribution in [2.24, 2.45) is 5.92 Å². The third-order valence-corrected chi connectivity index (χ3v) is 1.45. The summed E-state index contributed by atoms with van der Waals surface area (Å²) in [6.45, 7) is 2.35. The van der Waals surface area contributed by atoms with Gasteiger partial charge in [0.15, 0.2) is 0 Å². The van der Waals surface area contributed by atoms with Crippen molar-refractivity contribution < 1.29 is 25.2 Å². The molecule has 0 amide bonds. The number of hydrogen-bond acceptors (Lipinski definition) is 5. The lowest BCUT2D eigenvalue weighted by atomic mass is 10.2. The van der Waals surface area contributed by atoms with E-state index >= 15 is 0 Å². The molecule has 4 N–H and O–H groups in total. The first-order valence-electron chi connectivity index (χ1n) is 3.77. The third kappa shape index (κ3) is 3.99. The molecule has 5 nitrogen and oxygen atoms in total. The van der Waals surface area contributed by atoms with Gasteiger partial charge in [-0.15, -0.1) is 0 Å². The molecule has 0 heterocycles. The second-order valence-electron chi connectivity index (χ2n) is 2.96. The van der Waals surface area contributed by atoms with E-state index in [1.165, 1.54) is 0 Å². The van der Waals surface area contributed by atoms with Crippen LogP contribution in [-0.4, -0.2) is 45.7 Å². The summed E-state index contributed by atoms with van der Waals surface area (Å²) in [5.74, 6) is -2.74. The van der Waals surface area contributed by atoms with E-state index in [9.17, 15) is 0 Å². The van der Waals surface area contributed by atoms with E-state index in [1.54, 1.807) is 13.8 Å². The Bertz CT molecular complexity index is 123. The lowest BCUT2D eigenvalue weighted by molar-refractivity contribution is -0.365. The van der Waals surface area contributed by atoms with Crippen molar-refractivity contribution in [3.05, 3.63) is 0 Å². The molecule has 0 fully saturated rings. The molecule has 0 aliphatic carbocycles. The molecule has 0 radical (unpaired) electrons. The summed E-state index contributed by atoms with van der Waals surface area (Å²) >= 11 is 0. The van der Waals surface area contributed by atoms with Crippen molar-refractivity contribution >= 4 is 0 Å². The third-order valence-electron chi connectivity index (χ3n) is 1.45. The lowest BCUT2D eigenvalue weighted by Crippen LogP contribution is -2.40. The largest absolute Gasteiger partial charge is 0.394 e. The van der Waals surface area contributed by atoms with E-state index in [1.807, 2.05) is 0 Å². The summed E-state index contributed by atoms with van der Waals surface area (Å²) in [5.41, 5.74) is 0. The molecule has 5 heteroatoms. The van der Waals surface area contributed by atoms with Gasteiger partial charge < -0.3 is 25.2 Å². The summed E-state index contributed by atoms with van der Waals surface area (Å²) in [4.78, 5) is 0. The van der Waals surface area contributed by atoms with Crippen molar-refractivity contribution in [1.29, 1.82) is 0 Å². The zero-order valence-electron chi connectivity index (χ0n) is 7.27. The molecule has 0 bridgehead atoms. The lowest BCUT2D eigenvalue weighted by Gasteiger charge is -2.26. The minimum absolute atomic E-state index is 0.304. The van der Waals surface area contributed by atoms with Crippen molar-refractivity contribution in [1.82, 2.24) is 0 Å². The fourth-order valence-electron chi connectivity index (χ4n) is 0.438. The molecule has 0 spiro atoms. The zero-order chi connectivity index (χ0) is 9.78. The van der Waals surface area contributed by atoms with Gasteiger partial charge in [-0.1, -0.05) is 13.8 Å². The Kier molecular flexibility index (Phi) is 4.66. The Labute approximate surface area is 71.2 Å². The quantitative estimate of drug-likeness (QED) is 0.393. The smallest absolute Gasteiger partial charge is 0.280 e. The summed E-state index contributed by atoms with van der Waals surface area (Å²) in [7, 11) is 0. The fourth-order valence-corrected chi connectivity index (χ4v) is 0.438. The molecule has 0 rings (SSSR count). The molecule has 0 aromatic heterocycles. The van der Waals surface area contributed by atoms with Crippen molar-refractivity contribution in [3.8, 4) is 0 Å². The first-order chi connectivity index (χ1) is 5.40. The first kappa shape index (κ1) is 11.8. The summed E-state index contributed by atoms with van der Waals surface area (Å²) in [5, 5.41) is 35.3. The predicted molar refractivity (Wildman–Crippen MR) is 41.1 cm³/mol. The number of aliphatic hydroxyl groups is 4. The van der Waals surface area contributed by atoms with Gasteiger partial charge in [-0.25, -0.2) is 0 Å². The van der Waals surface area contributed by atoms with Gasteiger partial charge in [0.2, 0.25) is 0 Å². The summed E-state index contributed by atoms with van der Waals surface area (Å²) in [6, 6.07) is 0.